The molecule has 0 aromatic heterocycles. The van der Waals surface area contributed by atoms with Crippen molar-refractivity contribution in [3.05, 3.63) is 102 Å². The van der Waals surface area contributed by atoms with Gasteiger partial charge >= 0.3 is 6.18 Å². The summed E-state index contributed by atoms with van der Waals surface area (Å²) < 4.78 is 67.4. The van der Waals surface area contributed by atoms with Crippen LogP contribution in [0.2, 0.25) is 0 Å². The number of alkyl halides is 3. The van der Waals surface area contributed by atoms with Gasteiger partial charge in [0.25, 0.3) is 0 Å². The Bertz CT molecular complexity index is 1270. The zero-order valence-corrected chi connectivity index (χ0v) is 19.6. The molecule has 1 amide bonds. The average molecular weight is 503 g/mol. The van der Waals surface area contributed by atoms with Crippen molar-refractivity contribution in [1.29, 1.82) is 0 Å². The molecule has 5 nitrogen and oxygen atoms in total. The molecule has 0 spiro atoms. The number of benzene rings is 3. The lowest BCUT2D eigenvalue weighted by atomic mass is 9.90. The number of piperidine rings is 1. The maximum atomic E-state index is 13.5. The molecule has 1 heterocycles. The Hall–Kier alpha value is -3.17. The van der Waals surface area contributed by atoms with Crippen LogP contribution in [0.3, 0.4) is 0 Å². The quantitative estimate of drug-likeness (QED) is 0.506. The number of nitrogens with zero attached hydrogens (tertiary/aromatic N) is 1. The Balaban J connectivity index is 1.53. The Labute approximate surface area is 202 Å². The number of carbonyl (C=O) groups is 1. The molecule has 1 saturated heterocycles. The summed E-state index contributed by atoms with van der Waals surface area (Å²) >= 11 is 0. The van der Waals surface area contributed by atoms with Crippen molar-refractivity contribution >= 4 is 15.9 Å². The van der Waals surface area contributed by atoms with Crippen LogP contribution in [-0.4, -0.2) is 25.2 Å². The summed E-state index contributed by atoms with van der Waals surface area (Å²) in [7, 11) is -3.89. The van der Waals surface area contributed by atoms with Crippen LogP contribution in [-0.2, 0) is 27.5 Å². The molecule has 2 unspecified atom stereocenters. The van der Waals surface area contributed by atoms with Crippen LogP contribution < -0.4 is 5.32 Å². The Morgan fingerprint density at radius 3 is 2.23 bits per heavy atom. The maximum absolute atomic E-state index is 13.5. The number of amides is 1. The first-order valence-corrected chi connectivity index (χ1v) is 12.7. The second-order valence-electron chi connectivity index (χ2n) is 8.50. The van der Waals surface area contributed by atoms with E-state index in [0.717, 1.165) is 17.7 Å². The van der Waals surface area contributed by atoms with Gasteiger partial charge in [0.05, 0.1) is 22.4 Å². The van der Waals surface area contributed by atoms with Gasteiger partial charge in [-0.2, -0.15) is 17.5 Å². The highest BCUT2D eigenvalue weighted by molar-refractivity contribution is 7.89. The molecule has 2 atom stereocenters. The van der Waals surface area contributed by atoms with Crippen molar-refractivity contribution in [3.63, 3.8) is 0 Å². The van der Waals surface area contributed by atoms with E-state index in [9.17, 15) is 26.4 Å². The molecule has 4 rings (SSSR count). The SMILES string of the molecule is O=C(NCc1cccc(C(F)(F)F)c1)C1CCC(c2ccccc2)N(S(=O)(=O)c2ccccc2)C1. The number of hydrogen-bond acceptors (Lipinski definition) is 3. The highest BCUT2D eigenvalue weighted by atomic mass is 32.2. The predicted molar refractivity (Wildman–Crippen MR) is 126 cm³/mol. The Kier molecular flexibility index (Phi) is 7.28. The molecule has 1 aliphatic rings. The third kappa shape index (κ3) is 5.74. The van der Waals surface area contributed by atoms with Crippen LogP contribution in [0.15, 0.2) is 89.8 Å². The summed E-state index contributed by atoms with van der Waals surface area (Å²) in [6.45, 7) is -0.0992. The van der Waals surface area contributed by atoms with Crippen molar-refractivity contribution in [2.75, 3.05) is 6.54 Å². The monoisotopic (exact) mass is 502 g/mol. The summed E-state index contributed by atoms with van der Waals surface area (Å²) in [5.74, 6) is -1.01. The summed E-state index contributed by atoms with van der Waals surface area (Å²) in [6, 6.07) is 21.7. The standard InChI is InChI=1S/C26H25F3N2O3S/c27-26(28,29)22-11-7-8-19(16-22)17-30-25(32)21-14-15-24(20-9-3-1-4-10-20)31(18-21)35(33,34)23-12-5-2-6-13-23/h1-13,16,21,24H,14-15,17-18H2,(H,30,32). The van der Waals surface area contributed by atoms with Crippen LogP contribution in [0.5, 0.6) is 0 Å². The fourth-order valence-electron chi connectivity index (χ4n) is 4.35. The zero-order chi connectivity index (χ0) is 25.1. The molecule has 9 heteroatoms. The largest absolute Gasteiger partial charge is 0.416 e. The normalized spacial score (nSPS) is 19.3. The van der Waals surface area contributed by atoms with E-state index < -0.39 is 33.7 Å². The smallest absolute Gasteiger partial charge is 0.352 e. The van der Waals surface area contributed by atoms with Gasteiger partial charge in [0.15, 0.2) is 0 Å². The van der Waals surface area contributed by atoms with Crippen LogP contribution in [0.4, 0.5) is 13.2 Å². The Morgan fingerprint density at radius 2 is 1.57 bits per heavy atom. The number of nitrogens with one attached hydrogen (secondary N) is 1. The number of sulfonamides is 1. The van der Waals surface area contributed by atoms with E-state index in [1.54, 1.807) is 18.2 Å². The van der Waals surface area contributed by atoms with Crippen molar-refractivity contribution < 1.29 is 26.4 Å². The average Bonchev–Trinajstić information content (AvgIpc) is 2.87. The van der Waals surface area contributed by atoms with Crippen molar-refractivity contribution in [2.45, 2.75) is 36.5 Å². The highest BCUT2D eigenvalue weighted by Crippen LogP contribution is 2.37. The van der Waals surface area contributed by atoms with Gasteiger partial charge in [-0.25, -0.2) is 8.42 Å². The van der Waals surface area contributed by atoms with Gasteiger partial charge in [-0.1, -0.05) is 60.7 Å². The van der Waals surface area contributed by atoms with Gasteiger partial charge < -0.3 is 5.32 Å². The van der Waals surface area contributed by atoms with Gasteiger partial charge in [-0.05, 0) is 48.2 Å². The first kappa shape index (κ1) is 24.9. The molecular weight excluding hydrogens is 477 g/mol. The number of halogens is 3. The minimum Gasteiger partial charge on any atom is -0.352 e. The van der Waals surface area contributed by atoms with Crippen molar-refractivity contribution in [3.8, 4) is 0 Å². The van der Waals surface area contributed by atoms with E-state index in [-0.39, 0.29) is 23.9 Å². The van der Waals surface area contributed by atoms with Crippen molar-refractivity contribution in [2.24, 2.45) is 5.92 Å². The number of rotatable bonds is 6. The second-order valence-corrected chi connectivity index (χ2v) is 10.4. The molecule has 184 valence electrons. The van der Waals surface area contributed by atoms with Crippen LogP contribution >= 0.6 is 0 Å². The lowest BCUT2D eigenvalue weighted by molar-refractivity contribution is -0.137. The third-order valence-corrected chi connectivity index (χ3v) is 8.05. The lowest BCUT2D eigenvalue weighted by Crippen LogP contribution is -2.46. The number of hydrogen-bond donors (Lipinski definition) is 1. The molecule has 0 radical (unpaired) electrons. The highest BCUT2D eigenvalue weighted by Gasteiger charge is 2.40. The van der Waals surface area contributed by atoms with Gasteiger partial charge in [-0.3, -0.25) is 4.79 Å². The van der Waals surface area contributed by atoms with Crippen LogP contribution in [0, 0.1) is 5.92 Å². The van der Waals surface area contributed by atoms with Gasteiger partial charge in [0.2, 0.25) is 15.9 Å². The minimum absolute atomic E-state index is 0.0226. The summed E-state index contributed by atoms with van der Waals surface area (Å²) in [5.41, 5.74) is 0.377. The van der Waals surface area contributed by atoms with E-state index in [1.165, 1.54) is 28.6 Å². The molecule has 0 saturated carbocycles. The topological polar surface area (TPSA) is 66.5 Å². The molecule has 3 aromatic rings. The van der Waals surface area contributed by atoms with E-state index in [1.807, 2.05) is 30.3 Å². The molecule has 1 N–H and O–H groups in total. The van der Waals surface area contributed by atoms with E-state index in [0.29, 0.717) is 18.4 Å². The lowest BCUT2D eigenvalue weighted by Gasteiger charge is -2.38. The third-order valence-electron chi connectivity index (χ3n) is 6.16. The fourth-order valence-corrected chi connectivity index (χ4v) is 6.06. The summed E-state index contributed by atoms with van der Waals surface area (Å²) in [4.78, 5) is 13.1. The molecule has 0 aliphatic carbocycles. The minimum atomic E-state index is -4.47. The molecule has 35 heavy (non-hydrogen) atoms. The van der Waals surface area contributed by atoms with E-state index in [2.05, 4.69) is 5.32 Å². The molecular formula is C26H25F3N2O3S. The van der Waals surface area contributed by atoms with Gasteiger partial charge in [0.1, 0.15) is 0 Å². The first-order valence-electron chi connectivity index (χ1n) is 11.2. The van der Waals surface area contributed by atoms with Gasteiger partial charge in [-0.15, -0.1) is 0 Å². The van der Waals surface area contributed by atoms with Gasteiger partial charge in [0, 0.05) is 13.1 Å². The van der Waals surface area contributed by atoms with Crippen LogP contribution in [0.1, 0.15) is 35.6 Å². The van der Waals surface area contributed by atoms with E-state index in [4.69, 9.17) is 0 Å². The Morgan fingerprint density at radius 1 is 0.914 bits per heavy atom. The molecule has 3 aromatic carbocycles. The summed E-state index contributed by atoms with van der Waals surface area (Å²) in [6.07, 6.45) is -3.57. The molecule has 0 bridgehead atoms. The predicted octanol–water partition coefficient (Wildman–Crippen LogP) is 5.16. The first-order chi connectivity index (χ1) is 16.7. The maximum Gasteiger partial charge on any atom is 0.416 e. The van der Waals surface area contributed by atoms with E-state index >= 15 is 0 Å². The van der Waals surface area contributed by atoms with Crippen LogP contribution in [0.25, 0.3) is 0 Å². The van der Waals surface area contributed by atoms with Crippen molar-refractivity contribution in [1.82, 2.24) is 9.62 Å². The number of carbonyl (C=O) groups excluding carboxylic acids is 1. The zero-order valence-electron chi connectivity index (χ0n) is 18.8. The fraction of sp³-hybridized carbons (Fsp3) is 0.269. The molecule has 1 aliphatic heterocycles. The molecule has 1 fully saturated rings. The summed E-state index contributed by atoms with van der Waals surface area (Å²) in [5, 5.41) is 2.69. The second kappa shape index (κ2) is 10.2.